The molecule has 1 aliphatic rings. The van der Waals surface area contributed by atoms with Crippen LogP contribution in [-0.4, -0.2) is 13.2 Å². The highest BCUT2D eigenvalue weighted by Crippen LogP contribution is 2.32. The largest absolute Gasteiger partial charge is 0.381 e. The molecule has 0 aromatic rings. The molecule has 0 spiro atoms. The molecule has 0 aromatic heterocycles. The van der Waals surface area contributed by atoms with Crippen molar-refractivity contribution in [2.75, 3.05) is 7.11 Å². The zero-order valence-electron chi connectivity index (χ0n) is 7.97. The van der Waals surface area contributed by atoms with E-state index in [9.17, 15) is 0 Å². The Morgan fingerprint density at radius 3 is 2.64 bits per heavy atom. The normalized spacial score (nSPS) is 31.6. The monoisotopic (exact) mass is 156 g/mol. The van der Waals surface area contributed by atoms with Gasteiger partial charge in [0.2, 0.25) is 0 Å². The van der Waals surface area contributed by atoms with Crippen LogP contribution in [-0.2, 0) is 4.74 Å². The van der Waals surface area contributed by atoms with Crippen molar-refractivity contribution in [1.29, 1.82) is 0 Å². The van der Waals surface area contributed by atoms with Crippen molar-refractivity contribution in [3.05, 3.63) is 0 Å². The molecule has 1 fully saturated rings. The van der Waals surface area contributed by atoms with E-state index >= 15 is 0 Å². The predicted molar refractivity (Wildman–Crippen MR) is 47.6 cm³/mol. The molecule has 0 amide bonds. The molecule has 0 bridgehead atoms. The van der Waals surface area contributed by atoms with Crippen molar-refractivity contribution in [3.8, 4) is 0 Å². The molecule has 0 saturated heterocycles. The minimum Gasteiger partial charge on any atom is -0.381 e. The summed E-state index contributed by atoms with van der Waals surface area (Å²) in [6.45, 7) is 4.59. The molecule has 0 N–H and O–H groups in total. The Kier molecular flexibility index (Phi) is 3.38. The first-order valence-electron chi connectivity index (χ1n) is 4.76. The van der Waals surface area contributed by atoms with Crippen LogP contribution in [0.2, 0.25) is 0 Å². The molecule has 11 heavy (non-hydrogen) atoms. The molecule has 1 saturated carbocycles. The van der Waals surface area contributed by atoms with E-state index in [1.54, 1.807) is 0 Å². The molecule has 2 unspecified atom stereocenters. The SMILES string of the molecule is COC1CCCC1CC(C)C. The summed E-state index contributed by atoms with van der Waals surface area (Å²) in [6.07, 6.45) is 5.95. The van der Waals surface area contributed by atoms with Crippen molar-refractivity contribution in [3.63, 3.8) is 0 Å². The Labute approximate surface area is 70.1 Å². The van der Waals surface area contributed by atoms with Crippen molar-refractivity contribution in [2.24, 2.45) is 11.8 Å². The second-order valence-electron chi connectivity index (χ2n) is 4.09. The second-order valence-corrected chi connectivity index (χ2v) is 4.09. The van der Waals surface area contributed by atoms with E-state index in [2.05, 4.69) is 13.8 Å². The summed E-state index contributed by atoms with van der Waals surface area (Å²) in [6, 6.07) is 0. The first-order valence-corrected chi connectivity index (χ1v) is 4.76. The molecular weight excluding hydrogens is 136 g/mol. The maximum Gasteiger partial charge on any atom is 0.0599 e. The van der Waals surface area contributed by atoms with Gasteiger partial charge in [-0.25, -0.2) is 0 Å². The van der Waals surface area contributed by atoms with Crippen LogP contribution in [0.3, 0.4) is 0 Å². The predicted octanol–water partition coefficient (Wildman–Crippen LogP) is 2.85. The van der Waals surface area contributed by atoms with E-state index in [-0.39, 0.29) is 0 Å². The quantitative estimate of drug-likeness (QED) is 0.610. The molecule has 2 atom stereocenters. The van der Waals surface area contributed by atoms with Crippen LogP contribution in [0.25, 0.3) is 0 Å². The van der Waals surface area contributed by atoms with Crippen LogP contribution < -0.4 is 0 Å². The molecule has 1 rings (SSSR count). The minimum atomic E-state index is 0.567. The van der Waals surface area contributed by atoms with Gasteiger partial charge >= 0.3 is 0 Å². The highest BCUT2D eigenvalue weighted by atomic mass is 16.5. The summed E-state index contributed by atoms with van der Waals surface area (Å²) in [5.41, 5.74) is 0. The summed E-state index contributed by atoms with van der Waals surface area (Å²) >= 11 is 0. The third-order valence-electron chi connectivity index (χ3n) is 2.67. The lowest BCUT2D eigenvalue weighted by Gasteiger charge is -2.19. The van der Waals surface area contributed by atoms with Crippen LogP contribution in [0.5, 0.6) is 0 Å². The van der Waals surface area contributed by atoms with Crippen molar-refractivity contribution in [2.45, 2.75) is 45.6 Å². The summed E-state index contributed by atoms with van der Waals surface area (Å²) in [4.78, 5) is 0. The van der Waals surface area contributed by atoms with Crippen molar-refractivity contribution in [1.82, 2.24) is 0 Å². The first-order chi connectivity index (χ1) is 5.24. The topological polar surface area (TPSA) is 9.23 Å². The smallest absolute Gasteiger partial charge is 0.0599 e. The van der Waals surface area contributed by atoms with Gasteiger partial charge in [0.25, 0.3) is 0 Å². The van der Waals surface area contributed by atoms with Crippen molar-refractivity contribution < 1.29 is 4.74 Å². The van der Waals surface area contributed by atoms with Gasteiger partial charge in [0.05, 0.1) is 6.10 Å². The van der Waals surface area contributed by atoms with Gasteiger partial charge in [-0.2, -0.15) is 0 Å². The fourth-order valence-corrected chi connectivity index (χ4v) is 2.19. The van der Waals surface area contributed by atoms with E-state index < -0.39 is 0 Å². The summed E-state index contributed by atoms with van der Waals surface area (Å²) in [5.74, 6) is 1.68. The Bertz CT molecular complexity index is 109. The van der Waals surface area contributed by atoms with Crippen LogP contribution in [0, 0.1) is 11.8 Å². The fourth-order valence-electron chi connectivity index (χ4n) is 2.19. The number of hydrogen-bond acceptors (Lipinski definition) is 1. The number of rotatable bonds is 3. The van der Waals surface area contributed by atoms with Crippen molar-refractivity contribution >= 4 is 0 Å². The Morgan fingerprint density at radius 1 is 1.36 bits per heavy atom. The van der Waals surface area contributed by atoms with Gasteiger partial charge in [-0.1, -0.05) is 20.3 Å². The first kappa shape index (κ1) is 9.05. The lowest BCUT2D eigenvalue weighted by atomic mass is 9.94. The lowest BCUT2D eigenvalue weighted by Crippen LogP contribution is -2.17. The molecule has 66 valence electrons. The Morgan fingerprint density at radius 2 is 2.09 bits per heavy atom. The van der Waals surface area contributed by atoms with Gasteiger partial charge in [0.1, 0.15) is 0 Å². The molecule has 0 heterocycles. The average Bonchev–Trinajstić information content (AvgIpc) is 2.34. The minimum absolute atomic E-state index is 0.567. The van der Waals surface area contributed by atoms with Gasteiger partial charge in [0, 0.05) is 7.11 Å². The van der Waals surface area contributed by atoms with Gasteiger partial charge in [-0.15, -0.1) is 0 Å². The highest BCUT2D eigenvalue weighted by molar-refractivity contribution is 4.78. The van der Waals surface area contributed by atoms with Gasteiger partial charge < -0.3 is 4.74 Å². The highest BCUT2D eigenvalue weighted by Gasteiger charge is 2.27. The van der Waals surface area contributed by atoms with E-state index in [4.69, 9.17) is 4.74 Å². The molecule has 0 aliphatic heterocycles. The molecular formula is C10H20O. The second kappa shape index (κ2) is 4.10. The van der Waals surface area contributed by atoms with Gasteiger partial charge in [-0.05, 0) is 31.1 Å². The zero-order valence-corrected chi connectivity index (χ0v) is 7.97. The average molecular weight is 156 g/mol. The van der Waals surface area contributed by atoms with E-state index in [1.165, 1.54) is 25.7 Å². The summed E-state index contributed by atoms with van der Waals surface area (Å²) in [5, 5.41) is 0. The van der Waals surface area contributed by atoms with Crippen LogP contribution in [0.15, 0.2) is 0 Å². The number of ether oxygens (including phenoxy) is 1. The molecule has 0 aromatic carbocycles. The molecule has 1 nitrogen and oxygen atoms in total. The third-order valence-corrected chi connectivity index (χ3v) is 2.67. The molecule has 1 aliphatic carbocycles. The van der Waals surface area contributed by atoms with E-state index in [0.717, 1.165) is 11.8 Å². The summed E-state index contributed by atoms with van der Waals surface area (Å²) < 4.78 is 5.42. The maximum absolute atomic E-state index is 5.42. The zero-order chi connectivity index (χ0) is 8.27. The molecule has 0 radical (unpaired) electrons. The van der Waals surface area contributed by atoms with Crippen LogP contribution in [0.4, 0.5) is 0 Å². The fraction of sp³-hybridized carbons (Fsp3) is 1.00. The summed E-state index contributed by atoms with van der Waals surface area (Å²) in [7, 11) is 1.85. The van der Waals surface area contributed by atoms with E-state index in [1.807, 2.05) is 7.11 Å². The van der Waals surface area contributed by atoms with Crippen LogP contribution >= 0.6 is 0 Å². The van der Waals surface area contributed by atoms with Crippen LogP contribution in [0.1, 0.15) is 39.5 Å². The Hall–Kier alpha value is -0.0400. The number of hydrogen-bond donors (Lipinski definition) is 0. The lowest BCUT2D eigenvalue weighted by molar-refractivity contribution is 0.0635. The standard InChI is InChI=1S/C10H20O/c1-8(2)7-9-5-4-6-10(9)11-3/h8-10H,4-7H2,1-3H3. The third kappa shape index (κ3) is 2.48. The van der Waals surface area contributed by atoms with Gasteiger partial charge in [-0.3, -0.25) is 0 Å². The Balaban J connectivity index is 2.31. The molecule has 1 heteroatoms. The van der Waals surface area contributed by atoms with Gasteiger partial charge in [0.15, 0.2) is 0 Å². The van der Waals surface area contributed by atoms with E-state index in [0.29, 0.717) is 6.10 Å². The maximum atomic E-state index is 5.42. The number of methoxy groups -OCH3 is 1.